The van der Waals surface area contributed by atoms with E-state index in [9.17, 15) is 0 Å². The molecule has 2 nitrogen and oxygen atoms in total. The first-order valence-corrected chi connectivity index (χ1v) is 18.7. The van der Waals surface area contributed by atoms with Crippen LogP contribution in [-0.4, -0.2) is 14.2 Å². The van der Waals surface area contributed by atoms with Gasteiger partial charge in [0.1, 0.15) is 11.5 Å². The third-order valence-corrected chi connectivity index (χ3v) is 12.1. The highest BCUT2D eigenvalue weighted by atomic mass is 16.5. The number of methoxy groups -OCH3 is 2. The van der Waals surface area contributed by atoms with Crippen molar-refractivity contribution >= 4 is 11.1 Å². The Labute approximate surface area is 287 Å². The summed E-state index contributed by atoms with van der Waals surface area (Å²) in [6.45, 7) is 0. The van der Waals surface area contributed by atoms with Gasteiger partial charge in [-0.2, -0.15) is 0 Å². The van der Waals surface area contributed by atoms with Gasteiger partial charge in [-0.15, -0.1) is 0 Å². The fourth-order valence-electron chi connectivity index (χ4n) is 9.68. The predicted molar refractivity (Wildman–Crippen MR) is 200 cm³/mol. The molecule has 0 heterocycles. The fraction of sp³-hybridized carbons (Fsp3) is 0.391. The molecule has 0 N–H and O–H groups in total. The lowest BCUT2D eigenvalue weighted by atomic mass is 9.79. The van der Waals surface area contributed by atoms with Gasteiger partial charge < -0.3 is 9.47 Å². The maximum atomic E-state index is 5.53. The Balaban J connectivity index is 1.22. The van der Waals surface area contributed by atoms with Gasteiger partial charge in [-0.3, -0.25) is 0 Å². The van der Waals surface area contributed by atoms with Crippen molar-refractivity contribution in [2.24, 2.45) is 11.8 Å². The van der Waals surface area contributed by atoms with Gasteiger partial charge in [0.25, 0.3) is 0 Å². The van der Waals surface area contributed by atoms with Gasteiger partial charge in [-0.05, 0) is 143 Å². The lowest BCUT2D eigenvalue weighted by Gasteiger charge is -2.26. The molecule has 4 aliphatic carbocycles. The second kappa shape index (κ2) is 13.8. The average Bonchev–Trinajstić information content (AvgIpc) is 3.73. The molecule has 246 valence electrons. The summed E-state index contributed by atoms with van der Waals surface area (Å²) < 4.78 is 11.1. The van der Waals surface area contributed by atoms with Crippen LogP contribution in [0, 0.1) is 11.8 Å². The molecule has 4 aliphatic rings. The van der Waals surface area contributed by atoms with Crippen LogP contribution in [0.4, 0.5) is 0 Å². The molecule has 0 aromatic heterocycles. The van der Waals surface area contributed by atoms with Crippen LogP contribution >= 0.6 is 0 Å². The van der Waals surface area contributed by atoms with E-state index in [2.05, 4.69) is 84.9 Å². The van der Waals surface area contributed by atoms with Crippen LogP contribution in [0.15, 0.2) is 96.1 Å². The molecule has 0 saturated heterocycles. The molecule has 4 aromatic carbocycles. The normalized spacial score (nSPS) is 18.3. The SMILES string of the molecule is COc1ccc(-c2cccc3c2C(CCC2=C(C4CCCCC4)Cc4cccc(-c5ccc(OC)cc5)c42)=C(C2CCCCC2)C3)cc1. The van der Waals surface area contributed by atoms with Gasteiger partial charge in [0.15, 0.2) is 0 Å². The Morgan fingerprint density at radius 3 is 1.25 bits per heavy atom. The zero-order valence-electron chi connectivity index (χ0n) is 29.0. The van der Waals surface area contributed by atoms with Crippen molar-refractivity contribution in [3.8, 4) is 33.8 Å². The van der Waals surface area contributed by atoms with E-state index in [0.29, 0.717) is 0 Å². The van der Waals surface area contributed by atoms with E-state index >= 15 is 0 Å². The quantitative estimate of drug-likeness (QED) is 0.182. The zero-order valence-corrected chi connectivity index (χ0v) is 29.0. The van der Waals surface area contributed by atoms with Crippen LogP contribution in [0.1, 0.15) is 99.3 Å². The summed E-state index contributed by atoms with van der Waals surface area (Å²) in [5, 5.41) is 0. The van der Waals surface area contributed by atoms with Crippen molar-refractivity contribution in [1.29, 1.82) is 0 Å². The first-order valence-electron chi connectivity index (χ1n) is 18.7. The van der Waals surface area contributed by atoms with Crippen molar-refractivity contribution in [1.82, 2.24) is 0 Å². The minimum Gasteiger partial charge on any atom is -0.497 e. The third kappa shape index (κ3) is 5.93. The van der Waals surface area contributed by atoms with Crippen LogP contribution in [0.2, 0.25) is 0 Å². The Hall–Kier alpha value is -4.04. The molecule has 0 aliphatic heterocycles. The van der Waals surface area contributed by atoms with Crippen LogP contribution in [-0.2, 0) is 12.8 Å². The number of fused-ring (bicyclic) bond motifs is 2. The lowest BCUT2D eigenvalue weighted by molar-refractivity contribution is 0.399. The highest BCUT2D eigenvalue weighted by Gasteiger charge is 2.33. The van der Waals surface area contributed by atoms with E-state index < -0.39 is 0 Å². The van der Waals surface area contributed by atoms with Crippen LogP contribution in [0.3, 0.4) is 0 Å². The number of hydrogen-bond acceptors (Lipinski definition) is 2. The van der Waals surface area contributed by atoms with Crippen LogP contribution < -0.4 is 9.47 Å². The van der Waals surface area contributed by atoms with Crippen molar-refractivity contribution in [3.05, 3.63) is 118 Å². The monoisotopic (exact) mass is 634 g/mol. The summed E-state index contributed by atoms with van der Waals surface area (Å²) in [4.78, 5) is 0. The topological polar surface area (TPSA) is 18.5 Å². The van der Waals surface area contributed by atoms with E-state index in [1.807, 2.05) is 0 Å². The summed E-state index contributed by atoms with van der Waals surface area (Å²) in [7, 11) is 3.51. The minimum atomic E-state index is 0.724. The summed E-state index contributed by atoms with van der Waals surface area (Å²) in [6.07, 6.45) is 18.2. The predicted octanol–water partition coefficient (Wildman–Crippen LogP) is 12.3. The summed E-state index contributed by atoms with van der Waals surface area (Å²) >= 11 is 0. The average molecular weight is 635 g/mol. The van der Waals surface area contributed by atoms with Crippen LogP contribution in [0.5, 0.6) is 11.5 Å². The van der Waals surface area contributed by atoms with E-state index in [1.54, 1.807) is 36.5 Å². The molecule has 2 saturated carbocycles. The molecule has 0 amide bonds. The van der Waals surface area contributed by atoms with E-state index in [4.69, 9.17) is 9.47 Å². The third-order valence-electron chi connectivity index (χ3n) is 12.1. The molecule has 0 radical (unpaired) electrons. The van der Waals surface area contributed by atoms with E-state index in [0.717, 1.165) is 49.0 Å². The van der Waals surface area contributed by atoms with Crippen molar-refractivity contribution in [2.75, 3.05) is 14.2 Å². The van der Waals surface area contributed by atoms with Gasteiger partial charge in [0.2, 0.25) is 0 Å². The molecule has 48 heavy (non-hydrogen) atoms. The van der Waals surface area contributed by atoms with Gasteiger partial charge in [0, 0.05) is 0 Å². The molecule has 0 unspecified atom stereocenters. The highest BCUT2D eigenvalue weighted by Crippen LogP contribution is 2.51. The Morgan fingerprint density at radius 2 is 0.875 bits per heavy atom. The van der Waals surface area contributed by atoms with Gasteiger partial charge >= 0.3 is 0 Å². The second-order valence-corrected chi connectivity index (χ2v) is 14.7. The van der Waals surface area contributed by atoms with Crippen molar-refractivity contribution < 1.29 is 9.47 Å². The molecular formula is C46H50O2. The molecule has 0 atom stereocenters. The fourth-order valence-corrected chi connectivity index (χ4v) is 9.68. The van der Waals surface area contributed by atoms with E-state index in [1.165, 1.54) is 109 Å². The molecule has 8 rings (SSSR count). The summed E-state index contributed by atoms with van der Waals surface area (Å²) in [6, 6.07) is 31.6. The molecule has 2 fully saturated rings. The Morgan fingerprint density at radius 1 is 0.479 bits per heavy atom. The number of ether oxygens (including phenoxy) is 2. The van der Waals surface area contributed by atoms with Gasteiger partial charge in [-0.1, -0.05) is 110 Å². The zero-order chi connectivity index (χ0) is 32.5. The standard InChI is InChI=1S/C46H50O2/c1-47-37-23-19-33(20-24-37)39-17-9-15-35-29-43(31-11-5-3-6-12-31)41(45(35)39)27-28-42-44(32-13-7-4-8-14-32)30-36-16-10-18-40(46(36)42)34-21-25-38(48-2)26-22-34/h9-10,15-26,31-32H,3-8,11-14,27-30H2,1-2H3. The first kappa shape index (κ1) is 31.2. The maximum Gasteiger partial charge on any atom is 0.118 e. The van der Waals surface area contributed by atoms with Crippen molar-refractivity contribution in [2.45, 2.75) is 89.9 Å². The number of hydrogen-bond donors (Lipinski definition) is 0. The smallest absolute Gasteiger partial charge is 0.118 e. The summed E-state index contributed by atoms with van der Waals surface area (Å²) in [5.41, 5.74) is 18.3. The minimum absolute atomic E-state index is 0.724. The number of allylic oxidation sites excluding steroid dienone is 4. The van der Waals surface area contributed by atoms with Gasteiger partial charge in [0.05, 0.1) is 14.2 Å². The highest BCUT2D eigenvalue weighted by molar-refractivity contribution is 5.91. The lowest BCUT2D eigenvalue weighted by Crippen LogP contribution is -2.11. The first-order chi connectivity index (χ1) is 23.7. The number of rotatable bonds is 9. The largest absolute Gasteiger partial charge is 0.497 e. The molecule has 0 bridgehead atoms. The number of benzene rings is 4. The Bertz CT molecular complexity index is 1690. The van der Waals surface area contributed by atoms with Gasteiger partial charge in [-0.25, -0.2) is 0 Å². The molecule has 4 aromatic rings. The van der Waals surface area contributed by atoms with E-state index in [-0.39, 0.29) is 0 Å². The summed E-state index contributed by atoms with van der Waals surface area (Å²) in [5.74, 6) is 3.28. The van der Waals surface area contributed by atoms with Crippen molar-refractivity contribution in [3.63, 3.8) is 0 Å². The van der Waals surface area contributed by atoms with Crippen LogP contribution in [0.25, 0.3) is 33.4 Å². The molecule has 0 spiro atoms. The molecule has 2 heteroatoms. The second-order valence-electron chi connectivity index (χ2n) is 14.7. The Kier molecular flexibility index (Phi) is 9.00. The maximum absolute atomic E-state index is 5.53. The molecular weight excluding hydrogens is 585 g/mol.